The fourth-order valence-corrected chi connectivity index (χ4v) is 4.96. The van der Waals surface area contributed by atoms with Crippen molar-refractivity contribution in [3.63, 3.8) is 0 Å². The van der Waals surface area contributed by atoms with Crippen molar-refractivity contribution < 1.29 is 9.18 Å². The Kier molecular flexibility index (Phi) is 6.77. The molecule has 3 heterocycles. The lowest BCUT2D eigenvalue weighted by Gasteiger charge is -2.28. The Morgan fingerprint density at radius 1 is 1.08 bits per heavy atom. The van der Waals surface area contributed by atoms with Crippen LogP contribution in [0, 0.1) is 12.7 Å². The molecule has 1 saturated heterocycles. The van der Waals surface area contributed by atoms with E-state index >= 15 is 0 Å². The lowest BCUT2D eigenvalue weighted by Crippen LogP contribution is -2.33. The molecule has 182 valence electrons. The average Bonchev–Trinajstić information content (AvgIpc) is 3.47. The molecular formula is C28H26FN5OS. The van der Waals surface area contributed by atoms with E-state index in [-0.39, 0.29) is 30.2 Å². The van der Waals surface area contributed by atoms with Gasteiger partial charge in [-0.2, -0.15) is 0 Å². The highest BCUT2D eigenvalue weighted by Gasteiger charge is 2.41. The molecule has 4 aromatic rings. The Morgan fingerprint density at radius 2 is 1.94 bits per heavy atom. The summed E-state index contributed by atoms with van der Waals surface area (Å²) in [5.41, 5.74) is 4.31. The van der Waals surface area contributed by atoms with Gasteiger partial charge in [0.05, 0.1) is 17.8 Å². The van der Waals surface area contributed by atoms with Gasteiger partial charge < -0.3 is 20.1 Å². The normalized spacial score (nSPS) is 17.2. The first-order valence-corrected chi connectivity index (χ1v) is 12.2. The lowest BCUT2D eigenvalue weighted by atomic mass is 10.0. The summed E-state index contributed by atoms with van der Waals surface area (Å²) in [7, 11) is 0. The van der Waals surface area contributed by atoms with Crippen LogP contribution in [0.3, 0.4) is 0 Å². The first-order valence-electron chi connectivity index (χ1n) is 11.8. The number of aryl methyl sites for hydroxylation is 1. The molecule has 1 aliphatic heterocycles. The van der Waals surface area contributed by atoms with E-state index in [9.17, 15) is 9.18 Å². The standard InChI is InChI=1S/C28H26FN5OS/c1-19-7-4-9-21(17-19)31-25(35)13-16-34-27(26(32-28(34)36)23-11-2-3-14-30-23)24-12-6-15-33(24)22-10-5-8-20(29)18-22/h2-12,14-15,17-18,26-27H,13,16H2,1H3,(H,31,35)(H,32,36)/t26-,27-/m0/s1. The minimum absolute atomic E-state index is 0.0936. The van der Waals surface area contributed by atoms with Crippen molar-refractivity contribution in [3.8, 4) is 5.69 Å². The van der Waals surface area contributed by atoms with Crippen LogP contribution in [-0.2, 0) is 4.79 Å². The number of halogens is 1. The van der Waals surface area contributed by atoms with E-state index in [0.29, 0.717) is 17.3 Å². The van der Waals surface area contributed by atoms with Crippen LogP contribution in [0.15, 0.2) is 91.3 Å². The number of anilines is 1. The van der Waals surface area contributed by atoms with E-state index in [2.05, 4.69) is 15.6 Å². The number of carbonyl (C=O) groups excluding carboxylic acids is 1. The van der Waals surface area contributed by atoms with E-state index < -0.39 is 0 Å². The van der Waals surface area contributed by atoms with Gasteiger partial charge in [-0.25, -0.2) is 4.39 Å². The summed E-state index contributed by atoms with van der Waals surface area (Å²) in [6.07, 6.45) is 3.91. The number of rotatable bonds is 7. The smallest absolute Gasteiger partial charge is 0.226 e. The van der Waals surface area contributed by atoms with Crippen LogP contribution in [0.4, 0.5) is 10.1 Å². The van der Waals surface area contributed by atoms with Gasteiger partial charge in [-0.15, -0.1) is 0 Å². The third-order valence-electron chi connectivity index (χ3n) is 6.25. The summed E-state index contributed by atoms with van der Waals surface area (Å²) in [5.74, 6) is -0.401. The van der Waals surface area contributed by atoms with Crippen LogP contribution in [0.2, 0.25) is 0 Å². The van der Waals surface area contributed by atoms with Gasteiger partial charge in [0.15, 0.2) is 5.11 Å². The molecule has 5 rings (SSSR count). The zero-order valence-corrected chi connectivity index (χ0v) is 20.6. The van der Waals surface area contributed by atoms with Gasteiger partial charge in [0.2, 0.25) is 5.91 Å². The molecule has 2 aromatic heterocycles. The van der Waals surface area contributed by atoms with Gasteiger partial charge >= 0.3 is 0 Å². The highest BCUT2D eigenvalue weighted by atomic mass is 32.1. The maximum absolute atomic E-state index is 14.1. The molecule has 36 heavy (non-hydrogen) atoms. The van der Waals surface area contributed by atoms with Crippen LogP contribution in [0.25, 0.3) is 5.69 Å². The van der Waals surface area contributed by atoms with E-state index in [0.717, 1.165) is 22.6 Å². The number of benzene rings is 2. The molecule has 0 radical (unpaired) electrons. The minimum Gasteiger partial charge on any atom is -0.352 e. The first-order chi connectivity index (χ1) is 17.5. The van der Waals surface area contributed by atoms with Crippen LogP contribution in [-0.4, -0.2) is 32.0 Å². The second-order valence-corrected chi connectivity index (χ2v) is 9.16. The van der Waals surface area contributed by atoms with Crippen molar-refractivity contribution in [3.05, 3.63) is 114 Å². The zero-order valence-electron chi connectivity index (χ0n) is 19.8. The van der Waals surface area contributed by atoms with Crippen molar-refractivity contribution in [2.24, 2.45) is 0 Å². The van der Waals surface area contributed by atoms with Gasteiger partial charge in [-0.3, -0.25) is 9.78 Å². The number of amides is 1. The van der Waals surface area contributed by atoms with Gasteiger partial charge in [-0.1, -0.05) is 24.3 Å². The van der Waals surface area contributed by atoms with Crippen LogP contribution in [0.1, 0.15) is 35.5 Å². The van der Waals surface area contributed by atoms with Crippen molar-refractivity contribution in [1.29, 1.82) is 0 Å². The quantitative estimate of drug-likeness (QED) is 0.337. The predicted octanol–water partition coefficient (Wildman–Crippen LogP) is 5.32. The van der Waals surface area contributed by atoms with Gasteiger partial charge in [0.25, 0.3) is 0 Å². The summed E-state index contributed by atoms with van der Waals surface area (Å²) in [6.45, 7) is 2.39. The van der Waals surface area contributed by atoms with Crippen molar-refractivity contribution >= 4 is 28.9 Å². The third kappa shape index (κ3) is 4.99. The largest absolute Gasteiger partial charge is 0.352 e. The third-order valence-corrected chi connectivity index (χ3v) is 6.60. The summed E-state index contributed by atoms with van der Waals surface area (Å²) >= 11 is 5.73. The molecule has 0 unspecified atom stereocenters. The molecule has 1 aliphatic rings. The topological polar surface area (TPSA) is 62.2 Å². The van der Waals surface area contributed by atoms with Gasteiger partial charge in [-0.05, 0) is 79.3 Å². The molecule has 6 nitrogen and oxygen atoms in total. The van der Waals surface area contributed by atoms with Gasteiger partial charge in [0.1, 0.15) is 5.82 Å². The minimum atomic E-state index is -0.307. The van der Waals surface area contributed by atoms with E-state index in [4.69, 9.17) is 12.2 Å². The SMILES string of the molecule is Cc1cccc(NC(=O)CCN2C(=S)N[C@@H](c3ccccn3)[C@@H]2c2cccn2-c2cccc(F)c2)c1. The van der Waals surface area contributed by atoms with Crippen molar-refractivity contribution in [1.82, 2.24) is 19.8 Å². The number of pyridine rings is 1. The molecule has 0 saturated carbocycles. The summed E-state index contributed by atoms with van der Waals surface area (Å²) in [6, 6.07) is 23.4. The molecule has 8 heteroatoms. The molecule has 0 aliphatic carbocycles. The molecule has 2 atom stereocenters. The Morgan fingerprint density at radius 3 is 2.72 bits per heavy atom. The first kappa shape index (κ1) is 23.7. The Balaban J connectivity index is 1.44. The highest BCUT2D eigenvalue weighted by Crippen LogP contribution is 2.39. The average molecular weight is 500 g/mol. The maximum atomic E-state index is 14.1. The molecule has 1 amide bonds. The molecular weight excluding hydrogens is 473 g/mol. The molecule has 0 spiro atoms. The Labute approximate surface area is 214 Å². The number of aromatic nitrogens is 2. The Bertz CT molecular complexity index is 1390. The Hall–Kier alpha value is -4.04. The molecule has 0 bridgehead atoms. The summed E-state index contributed by atoms with van der Waals surface area (Å²) < 4.78 is 16.0. The zero-order chi connectivity index (χ0) is 25.1. The van der Waals surface area contributed by atoms with Crippen LogP contribution >= 0.6 is 12.2 Å². The lowest BCUT2D eigenvalue weighted by molar-refractivity contribution is -0.116. The maximum Gasteiger partial charge on any atom is 0.226 e. The summed E-state index contributed by atoms with van der Waals surface area (Å²) in [5, 5.41) is 6.92. The van der Waals surface area contributed by atoms with Crippen LogP contribution < -0.4 is 10.6 Å². The molecule has 2 N–H and O–H groups in total. The fourth-order valence-electron chi connectivity index (χ4n) is 4.63. The van der Waals surface area contributed by atoms with Crippen molar-refractivity contribution in [2.45, 2.75) is 25.4 Å². The number of carbonyl (C=O) groups is 1. The van der Waals surface area contributed by atoms with Crippen molar-refractivity contribution in [2.75, 3.05) is 11.9 Å². The monoisotopic (exact) mass is 499 g/mol. The predicted molar refractivity (Wildman–Crippen MR) is 142 cm³/mol. The number of nitrogens with zero attached hydrogens (tertiary/aromatic N) is 3. The van der Waals surface area contributed by atoms with E-state index in [1.54, 1.807) is 12.3 Å². The van der Waals surface area contributed by atoms with E-state index in [1.807, 2.05) is 83.3 Å². The summed E-state index contributed by atoms with van der Waals surface area (Å²) in [4.78, 5) is 19.4. The van der Waals surface area contributed by atoms with Crippen LogP contribution in [0.5, 0.6) is 0 Å². The second kappa shape index (κ2) is 10.3. The number of hydrogen-bond acceptors (Lipinski definition) is 3. The fraction of sp³-hybridized carbons (Fsp3) is 0.179. The molecule has 2 aromatic carbocycles. The van der Waals surface area contributed by atoms with Gasteiger partial charge in [0, 0.05) is 42.4 Å². The number of hydrogen-bond donors (Lipinski definition) is 2. The number of nitrogens with one attached hydrogen (secondary N) is 2. The second-order valence-electron chi connectivity index (χ2n) is 8.77. The number of thiocarbonyl (C=S) groups is 1. The highest BCUT2D eigenvalue weighted by molar-refractivity contribution is 7.80. The molecule has 1 fully saturated rings. The van der Waals surface area contributed by atoms with E-state index in [1.165, 1.54) is 12.1 Å².